The third-order valence-electron chi connectivity index (χ3n) is 4.84. The van der Waals surface area contributed by atoms with Gasteiger partial charge in [0, 0.05) is 13.1 Å². The lowest BCUT2D eigenvalue weighted by Crippen LogP contribution is -2.33. The van der Waals surface area contributed by atoms with Crippen molar-refractivity contribution in [3.05, 3.63) is 15.9 Å². The predicted octanol–water partition coefficient (Wildman–Crippen LogP) is 3.70. The summed E-state index contributed by atoms with van der Waals surface area (Å²) in [5, 5.41) is 8.33. The Morgan fingerprint density at radius 1 is 1.35 bits per heavy atom. The largest absolute Gasteiger partial charge is 0.314 e. The first-order valence-corrected chi connectivity index (χ1v) is 8.81. The average molecular weight is 342 g/mol. The van der Waals surface area contributed by atoms with E-state index in [1.807, 2.05) is 0 Å². The van der Waals surface area contributed by atoms with Crippen molar-refractivity contribution in [3.8, 4) is 0 Å². The molecular weight excluding hydrogens is 314 g/mol. The van der Waals surface area contributed by atoms with Crippen LogP contribution < -0.4 is 5.32 Å². The minimum atomic E-state index is 0.706. The van der Waals surface area contributed by atoms with Crippen LogP contribution in [0, 0.1) is 11.8 Å². The van der Waals surface area contributed by atoms with Gasteiger partial charge in [-0.3, -0.25) is 4.68 Å². The first-order chi connectivity index (χ1) is 9.58. The number of aryl methyl sites for hydroxylation is 2. The van der Waals surface area contributed by atoms with Crippen molar-refractivity contribution in [2.75, 3.05) is 6.54 Å². The number of nitrogens with one attached hydrogen (secondary N) is 1. The number of halogens is 1. The normalized spacial score (nSPS) is 26.4. The van der Waals surface area contributed by atoms with Gasteiger partial charge >= 0.3 is 0 Å². The first-order valence-electron chi connectivity index (χ1n) is 8.02. The highest BCUT2D eigenvalue weighted by Gasteiger charge is 2.33. The van der Waals surface area contributed by atoms with Gasteiger partial charge in [0.05, 0.1) is 15.9 Å². The summed E-state index contributed by atoms with van der Waals surface area (Å²) in [5.41, 5.74) is 2.56. The van der Waals surface area contributed by atoms with E-state index in [1.54, 1.807) is 0 Å². The molecule has 1 aliphatic rings. The predicted molar refractivity (Wildman–Crippen MR) is 88.0 cm³/mol. The Labute approximate surface area is 131 Å². The molecule has 2 rings (SSSR count). The van der Waals surface area contributed by atoms with E-state index in [2.05, 4.69) is 58.8 Å². The van der Waals surface area contributed by atoms with E-state index >= 15 is 0 Å². The fourth-order valence-corrected chi connectivity index (χ4v) is 4.22. The summed E-state index contributed by atoms with van der Waals surface area (Å²) >= 11 is 3.75. The molecule has 0 spiro atoms. The summed E-state index contributed by atoms with van der Waals surface area (Å²) < 4.78 is 3.31. The van der Waals surface area contributed by atoms with Gasteiger partial charge in [0.25, 0.3) is 0 Å². The summed E-state index contributed by atoms with van der Waals surface area (Å²) in [6, 6.07) is 0.706. The van der Waals surface area contributed by atoms with E-state index in [0.29, 0.717) is 6.04 Å². The zero-order valence-corrected chi connectivity index (χ0v) is 14.8. The van der Waals surface area contributed by atoms with Gasteiger partial charge in [-0.25, -0.2) is 0 Å². The Morgan fingerprint density at radius 3 is 2.70 bits per heavy atom. The van der Waals surface area contributed by atoms with Gasteiger partial charge in [-0.2, -0.15) is 5.10 Å². The Morgan fingerprint density at radius 2 is 2.10 bits per heavy atom. The van der Waals surface area contributed by atoms with Crippen LogP contribution in [0.5, 0.6) is 0 Å². The highest BCUT2D eigenvalue weighted by atomic mass is 79.9. The van der Waals surface area contributed by atoms with E-state index in [9.17, 15) is 0 Å². The minimum absolute atomic E-state index is 0.706. The molecular formula is C16H28BrN3. The number of nitrogens with zero attached hydrogens (tertiary/aromatic N) is 2. The molecule has 1 aromatic rings. The van der Waals surface area contributed by atoms with Crippen LogP contribution in [0.15, 0.2) is 4.47 Å². The molecule has 3 unspecified atom stereocenters. The Hall–Kier alpha value is -0.350. The van der Waals surface area contributed by atoms with Crippen LogP contribution in [-0.2, 0) is 19.9 Å². The number of aromatic nitrogens is 2. The van der Waals surface area contributed by atoms with Crippen LogP contribution in [-0.4, -0.2) is 22.4 Å². The van der Waals surface area contributed by atoms with E-state index < -0.39 is 0 Å². The molecule has 1 saturated carbocycles. The summed E-state index contributed by atoms with van der Waals surface area (Å²) in [6.07, 6.45) is 6.02. The lowest BCUT2D eigenvalue weighted by molar-refractivity contribution is 0.346. The second-order valence-electron chi connectivity index (χ2n) is 6.15. The van der Waals surface area contributed by atoms with Crippen molar-refractivity contribution in [1.82, 2.24) is 15.1 Å². The molecule has 3 atom stereocenters. The fraction of sp³-hybridized carbons (Fsp3) is 0.812. The average Bonchev–Trinajstić information content (AvgIpc) is 2.92. The molecule has 0 radical (unpaired) electrons. The highest BCUT2D eigenvalue weighted by molar-refractivity contribution is 9.10. The highest BCUT2D eigenvalue weighted by Crippen LogP contribution is 2.36. The molecule has 0 bridgehead atoms. The molecule has 114 valence electrons. The maximum atomic E-state index is 4.62. The van der Waals surface area contributed by atoms with Crippen LogP contribution >= 0.6 is 15.9 Å². The molecule has 0 saturated heterocycles. The van der Waals surface area contributed by atoms with Gasteiger partial charge in [-0.05, 0) is 66.4 Å². The van der Waals surface area contributed by atoms with Crippen molar-refractivity contribution in [2.45, 2.75) is 58.9 Å². The monoisotopic (exact) mass is 341 g/mol. The van der Waals surface area contributed by atoms with Crippen molar-refractivity contribution in [3.63, 3.8) is 0 Å². The van der Waals surface area contributed by atoms with E-state index in [0.717, 1.165) is 31.2 Å². The third-order valence-corrected chi connectivity index (χ3v) is 5.76. The smallest absolute Gasteiger partial charge is 0.0766 e. The molecule has 1 aromatic heterocycles. The van der Waals surface area contributed by atoms with Crippen molar-refractivity contribution < 1.29 is 0 Å². The van der Waals surface area contributed by atoms with Gasteiger partial charge in [-0.1, -0.05) is 20.8 Å². The van der Waals surface area contributed by atoms with E-state index in [-0.39, 0.29) is 0 Å². The summed E-state index contributed by atoms with van der Waals surface area (Å²) in [7, 11) is 2.08. The van der Waals surface area contributed by atoms with E-state index in [4.69, 9.17) is 0 Å². The summed E-state index contributed by atoms with van der Waals surface area (Å²) in [5.74, 6) is 1.54. The molecule has 20 heavy (non-hydrogen) atoms. The maximum absolute atomic E-state index is 4.62. The number of rotatable bonds is 6. The molecule has 0 aliphatic heterocycles. The molecule has 1 N–H and O–H groups in total. The number of hydrogen-bond acceptors (Lipinski definition) is 2. The molecule has 3 nitrogen and oxygen atoms in total. The van der Waals surface area contributed by atoms with Gasteiger partial charge in [0.2, 0.25) is 0 Å². The summed E-state index contributed by atoms with van der Waals surface area (Å²) in [6.45, 7) is 7.97. The van der Waals surface area contributed by atoms with E-state index in [1.165, 1.54) is 35.1 Å². The van der Waals surface area contributed by atoms with Crippen molar-refractivity contribution in [2.24, 2.45) is 18.9 Å². The minimum Gasteiger partial charge on any atom is -0.314 e. The molecule has 1 fully saturated rings. The lowest BCUT2D eigenvalue weighted by Gasteiger charge is -2.22. The molecule has 4 heteroatoms. The topological polar surface area (TPSA) is 29.9 Å². The lowest BCUT2D eigenvalue weighted by atomic mass is 9.91. The molecule has 1 aliphatic carbocycles. The second-order valence-corrected chi connectivity index (χ2v) is 6.94. The zero-order chi connectivity index (χ0) is 14.7. The SMILES string of the molecule is CCCNC1CCC(Cc2c(Br)c(CC)nn2C)C1C. The first kappa shape index (κ1) is 16.0. The molecule has 1 heterocycles. The third kappa shape index (κ3) is 3.28. The standard InChI is InChI=1S/C16H28BrN3/c1-5-9-18-14-8-7-12(11(14)3)10-15-16(17)13(6-2)19-20(15)4/h11-12,14,18H,5-10H2,1-4H3. The van der Waals surface area contributed by atoms with Gasteiger partial charge in [-0.15, -0.1) is 0 Å². The fourth-order valence-electron chi connectivity index (χ4n) is 3.44. The van der Waals surface area contributed by atoms with Crippen LogP contribution in [0.25, 0.3) is 0 Å². The van der Waals surface area contributed by atoms with Gasteiger partial charge in [0.1, 0.15) is 0 Å². The number of hydrogen-bond donors (Lipinski definition) is 1. The zero-order valence-electron chi connectivity index (χ0n) is 13.2. The Kier molecular flexibility index (Phi) is 5.67. The maximum Gasteiger partial charge on any atom is 0.0766 e. The van der Waals surface area contributed by atoms with Crippen LogP contribution in [0.1, 0.15) is 51.4 Å². The van der Waals surface area contributed by atoms with Crippen molar-refractivity contribution in [1.29, 1.82) is 0 Å². The van der Waals surface area contributed by atoms with Gasteiger partial charge in [0.15, 0.2) is 0 Å². The molecule has 0 amide bonds. The Balaban J connectivity index is 2.02. The second kappa shape index (κ2) is 7.08. The molecule has 0 aromatic carbocycles. The quantitative estimate of drug-likeness (QED) is 0.854. The van der Waals surface area contributed by atoms with Crippen molar-refractivity contribution >= 4 is 15.9 Å². The van der Waals surface area contributed by atoms with Crippen LogP contribution in [0.2, 0.25) is 0 Å². The van der Waals surface area contributed by atoms with Crippen LogP contribution in [0.4, 0.5) is 0 Å². The van der Waals surface area contributed by atoms with Crippen LogP contribution in [0.3, 0.4) is 0 Å². The van der Waals surface area contributed by atoms with Gasteiger partial charge < -0.3 is 5.32 Å². The summed E-state index contributed by atoms with van der Waals surface area (Å²) in [4.78, 5) is 0. The Bertz CT molecular complexity index is 441.